The van der Waals surface area contributed by atoms with Crippen LogP contribution in [0.4, 0.5) is 4.79 Å². The zero-order chi connectivity index (χ0) is 22.6. The lowest BCUT2D eigenvalue weighted by Crippen LogP contribution is -2.37. The van der Waals surface area contributed by atoms with Crippen molar-refractivity contribution in [1.29, 1.82) is 0 Å². The van der Waals surface area contributed by atoms with E-state index in [1.165, 1.54) is 14.1 Å². The molecule has 0 aliphatic rings. The maximum atomic E-state index is 13.0. The van der Waals surface area contributed by atoms with Crippen LogP contribution in [0.1, 0.15) is 31.9 Å². The maximum Gasteiger partial charge on any atom is 0.406 e. The molecule has 0 aromatic heterocycles. The SMILES string of the molecule is CCN(CC)CCOC(=O)C(C)(c1ccccc1)c1ccccc1.CN(C)C(=O)O. The number of amides is 1. The minimum atomic E-state index is -0.907. The van der Waals surface area contributed by atoms with Crippen molar-refractivity contribution in [3.8, 4) is 0 Å². The Labute approximate surface area is 180 Å². The molecule has 0 aliphatic heterocycles. The van der Waals surface area contributed by atoms with Gasteiger partial charge in [0, 0.05) is 20.6 Å². The number of ether oxygens (including phenoxy) is 1. The van der Waals surface area contributed by atoms with Crippen LogP contribution < -0.4 is 0 Å². The Morgan fingerprint density at radius 2 is 1.30 bits per heavy atom. The fourth-order valence-corrected chi connectivity index (χ4v) is 2.90. The van der Waals surface area contributed by atoms with Gasteiger partial charge in [-0.1, -0.05) is 74.5 Å². The molecular weight excluding hydrogens is 380 g/mol. The first-order valence-electron chi connectivity index (χ1n) is 10.2. The number of carbonyl (C=O) groups is 2. The topological polar surface area (TPSA) is 70.1 Å². The molecule has 0 spiro atoms. The summed E-state index contributed by atoms with van der Waals surface area (Å²) in [5.74, 6) is -0.202. The van der Waals surface area contributed by atoms with Gasteiger partial charge in [-0.15, -0.1) is 0 Å². The third kappa shape index (κ3) is 7.19. The van der Waals surface area contributed by atoms with Gasteiger partial charge in [-0.3, -0.25) is 4.79 Å². The molecule has 30 heavy (non-hydrogen) atoms. The van der Waals surface area contributed by atoms with Crippen LogP contribution in [-0.2, 0) is 14.9 Å². The molecule has 1 amide bonds. The van der Waals surface area contributed by atoms with Crippen LogP contribution in [0.2, 0.25) is 0 Å². The first-order valence-corrected chi connectivity index (χ1v) is 10.2. The fraction of sp³-hybridized carbons (Fsp3) is 0.417. The number of likely N-dealkylation sites (N-methyl/N-ethyl adjacent to an activating group) is 1. The molecular formula is C24H34N2O4. The Balaban J connectivity index is 0.000000656. The Morgan fingerprint density at radius 3 is 1.63 bits per heavy atom. The van der Waals surface area contributed by atoms with Gasteiger partial charge in [0.1, 0.15) is 12.0 Å². The van der Waals surface area contributed by atoms with Gasteiger partial charge in [0.2, 0.25) is 0 Å². The van der Waals surface area contributed by atoms with Gasteiger partial charge in [0.15, 0.2) is 0 Å². The predicted molar refractivity (Wildman–Crippen MR) is 120 cm³/mol. The quantitative estimate of drug-likeness (QED) is 0.659. The minimum Gasteiger partial charge on any atom is -0.465 e. The molecule has 0 heterocycles. The van der Waals surface area contributed by atoms with E-state index in [1.807, 2.05) is 67.6 Å². The molecule has 0 saturated carbocycles. The molecule has 164 valence electrons. The Bertz CT molecular complexity index is 720. The third-order valence-electron chi connectivity index (χ3n) is 5.03. The smallest absolute Gasteiger partial charge is 0.406 e. The number of carbonyl (C=O) groups excluding carboxylic acids is 1. The number of hydrogen-bond acceptors (Lipinski definition) is 4. The maximum absolute atomic E-state index is 13.0. The molecule has 2 aromatic carbocycles. The third-order valence-corrected chi connectivity index (χ3v) is 5.03. The van der Waals surface area contributed by atoms with Gasteiger partial charge in [-0.25, -0.2) is 4.79 Å². The van der Waals surface area contributed by atoms with E-state index in [0.717, 1.165) is 35.7 Å². The van der Waals surface area contributed by atoms with Crippen LogP contribution in [0.3, 0.4) is 0 Å². The molecule has 0 fully saturated rings. The molecule has 6 nitrogen and oxygen atoms in total. The molecule has 1 N–H and O–H groups in total. The number of carboxylic acid groups (broad SMARTS) is 1. The lowest BCUT2D eigenvalue weighted by Gasteiger charge is -2.29. The van der Waals surface area contributed by atoms with Gasteiger partial charge < -0.3 is 19.6 Å². The molecule has 0 atom stereocenters. The molecule has 0 saturated heterocycles. The van der Waals surface area contributed by atoms with Crippen molar-refractivity contribution in [2.45, 2.75) is 26.2 Å². The second kappa shape index (κ2) is 12.6. The highest BCUT2D eigenvalue weighted by Gasteiger charge is 2.38. The largest absolute Gasteiger partial charge is 0.465 e. The van der Waals surface area contributed by atoms with E-state index in [4.69, 9.17) is 9.84 Å². The van der Waals surface area contributed by atoms with Gasteiger partial charge in [-0.2, -0.15) is 0 Å². The normalized spacial score (nSPS) is 10.7. The van der Waals surface area contributed by atoms with E-state index in [9.17, 15) is 9.59 Å². The van der Waals surface area contributed by atoms with E-state index in [1.54, 1.807) is 0 Å². The van der Waals surface area contributed by atoms with Gasteiger partial charge >= 0.3 is 12.1 Å². The summed E-state index contributed by atoms with van der Waals surface area (Å²) in [6.45, 7) is 9.27. The number of rotatable bonds is 8. The molecule has 0 bridgehead atoms. The molecule has 0 aliphatic carbocycles. The number of hydrogen-bond donors (Lipinski definition) is 1. The number of esters is 1. The van der Waals surface area contributed by atoms with E-state index < -0.39 is 11.5 Å². The van der Waals surface area contributed by atoms with E-state index in [0.29, 0.717) is 6.61 Å². The monoisotopic (exact) mass is 414 g/mol. The summed E-state index contributed by atoms with van der Waals surface area (Å²) >= 11 is 0. The van der Waals surface area contributed by atoms with Crippen molar-refractivity contribution >= 4 is 12.1 Å². The fourth-order valence-electron chi connectivity index (χ4n) is 2.90. The predicted octanol–water partition coefficient (Wildman–Crippen LogP) is 4.10. The van der Waals surface area contributed by atoms with Gasteiger partial charge in [0.05, 0.1) is 0 Å². The van der Waals surface area contributed by atoms with E-state index in [2.05, 4.69) is 18.7 Å². The minimum absolute atomic E-state index is 0.202. The Hall–Kier alpha value is -2.86. The van der Waals surface area contributed by atoms with Crippen LogP contribution in [-0.4, -0.2) is 67.3 Å². The summed E-state index contributed by atoms with van der Waals surface area (Å²) in [5, 5.41) is 7.92. The molecule has 6 heteroatoms. The van der Waals surface area contributed by atoms with Crippen molar-refractivity contribution in [2.75, 3.05) is 40.3 Å². The molecule has 2 aromatic rings. The van der Waals surface area contributed by atoms with Crippen molar-refractivity contribution < 1.29 is 19.4 Å². The zero-order valence-corrected chi connectivity index (χ0v) is 18.7. The molecule has 0 radical (unpaired) electrons. The van der Waals surface area contributed by atoms with Crippen LogP contribution in [0, 0.1) is 0 Å². The van der Waals surface area contributed by atoms with Crippen molar-refractivity contribution in [3.63, 3.8) is 0 Å². The number of nitrogens with zero attached hydrogens (tertiary/aromatic N) is 2. The van der Waals surface area contributed by atoms with Crippen LogP contribution in [0.15, 0.2) is 60.7 Å². The highest BCUT2D eigenvalue weighted by molar-refractivity contribution is 5.87. The average Bonchev–Trinajstić information content (AvgIpc) is 2.77. The van der Waals surface area contributed by atoms with Crippen molar-refractivity contribution in [1.82, 2.24) is 9.80 Å². The Morgan fingerprint density at radius 1 is 0.900 bits per heavy atom. The first kappa shape index (κ1) is 25.2. The van der Waals surface area contributed by atoms with Crippen LogP contribution >= 0.6 is 0 Å². The Kier molecular flexibility index (Phi) is 10.6. The lowest BCUT2D eigenvalue weighted by molar-refractivity contribution is -0.148. The van der Waals surface area contributed by atoms with Crippen LogP contribution in [0.5, 0.6) is 0 Å². The molecule has 2 rings (SSSR count). The first-order chi connectivity index (χ1) is 14.3. The summed E-state index contributed by atoms with van der Waals surface area (Å²) < 4.78 is 5.67. The van der Waals surface area contributed by atoms with Gasteiger partial charge in [0.25, 0.3) is 0 Å². The van der Waals surface area contributed by atoms with Crippen molar-refractivity contribution in [3.05, 3.63) is 71.8 Å². The number of benzene rings is 2. The highest BCUT2D eigenvalue weighted by Crippen LogP contribution is 2.33. The summed E-state index contributed by atoms with van der Waals surface area (Å²) in [4.78, 5) is 25.9. The summed E-state index contributed by atoms with van der Waals surface area (Å²) in [6, 6.07) is 19.7. The second-order valence-corrected chi connectivity index (χ2v) is 7.20. The van der Waals surface area contributed by atoms with Crippen LogP contribution in [0.25, 0.3) is 0 Å². The summed E-state index contributed by atoms with van der Waals surface area (Å²) in [6.07, 6.45) is -0.907. The van der Waals surface area contributed by atoms with Gasteiger partial charge in [-0.05, 0) is 31.1 Å². The van der Waals surface area contributed by atoms with E-state index >= 15 is 0 Å². The lowest BCUT2D eigenvalue weighted by atomic mass is 9.76. The summed E-state index contributed by atoms with van der Waals surface area (Å²) in [5.41, 5.74) is 1.10. The zero-order valence-electron chi connectivity index (χ0n) is 18.7. The second-order valence-electron chi connectivity index (χ2n) is 7.20. The average molecular weight is 415 g/mol. The van der Waals surface area contributed by atoms with Crippen molar-refractivity contribution in [2.24, 2.45) is 0 Å². The van der Waals surface area contributed by atoms with E-state index in [-0.39, 0.29) is 5.97 Å². The standard InChI is InChI=1S/C21H27NO2.C3H7NO2/c1-4-22(5-2)16-17-24-20(23)21(3,18-12-8-6-9-13-18)19-14-10-7-11-15-19;1-4(2)3(5)6/h6-15H,4-5,16-17H2,1-3H3;1-2H3,(H,5,6). The molecule has 0 unspecified atom stereocenters. The summed E-state index contributed by atoms with van der Waals surface area (Å²) in [7, 11) is 2.95. The highest BCUT2D eigenvalue weighted by atomic mass is 16.5.